The molecule has 102 heavy (non-hydrogen) atoms. The van der Waals surface area contributed by atoms with Crippen LogP contribution in [0.1, 0.15) is 92.7 Å². The van der Waals surface area contributed by atoms with Gasteiger partial charge in [-0.15, -0.1) is 0 Å². The van der Waals surface area contributed by atoms with Crippen molar-refractivity contribution in [1.29, 1.82) is 0 Å². The van der Waals surface area contributed by atoms with Crippen LogP contribution in [0.5, 0.6) is 34.5 Å². The van der Waals surface area contributed by atoms with E-state index in [1.807, 2.05) is 0 Å². The molecule has 0 amide bonds. The molecule has 0 unspecified atom stereocenters. The SMILES string of the molecule is CCCCN1Cc2ccccc2[Si]2(Oc3ccc(cc3)-c3ccc(cc3)O[Si]3(Oc4ccc(cc4)-c4ccc(cc4)O[Si]4(Oc5ccc(cc5)-c5ccc(cc5)O2)c2ccccc2CN(CCCC)Cc2ccccc24)c2ccccc2CN(CCCC)Cc2ccccc23)c2ccccc2C1. The number of fused-ring (bicyclic) bond motifs is 6. The van der Waals surface area contributed by atoms with Gasteiger partial charge in [0.25, 0.3) is 0 Å². The predicted octanol–water partition coefficient (Wildman–Crippen LogP) is 16.5. The van der Waals surface area contributed by atoms with E-state index in [1.165, 1.54) is 33.4 Å². The van der Waals surface area contributed by atoms with Gasteiger partial charge in [0.15, 0.2) is 0 Å². The Labute approximate surface area is 604 Å². The lowest BCUT2D eigenvalue weighted by molar-refractivity contribution is 0.252. The first kappa shape index (κ1) is 66.5. The molecule has 12 bridgehead atoms. The summed E-state index contributed by atoms with van der Waals surface area (Å²) in [5.74, 6) is 4.42. The molecule has 0 saturated heterocycles. The number of hydrogen-bond donors (Lipinski definition) is 0. The number of nitrogens with zero attached hydrogens (tertiary/aromatic N) is 3. The minimum atomic E-state index is -3.68. The van der Waals surface area contributed by atoms with Crippen molar-refractivity contribution < 1.29 is 26.6 Å². The first-order valence-corrected chi connectivity index (χ1v) is 42.1. The zero-order valence-electron chi connectivity index (χ0n) is 58.6. The quantitative estimate of drug-likeness (QED) is 0.132. The molecule has 0 aliphatic carbocycles. The third-order valence-electron chi connectivity index (χ3n) is 20.8. The Hall–Kier alpha value is -10.0. The van der Waals surface area contributed by atoms with E-state index >= 15 is 0 Å². The Morgan fingerprint density at radius 1 is 0.216 bits per heavy atom. The predicted molar refractivity (Wildman–Crippen MR) is 420 cm³/mol. The average molecular weight is 1390 g/mol. The first-order valence-electron chi connectivity index (χ1n) is 36.7. The van der Waals surface area contributed by atoms with Crippen molar-refractivity contribution in [3.05, 3.63) is 325 Å². The number of unbranched alkanes of at least 4 members (excludes halogenated alkanes) is 3. The summed E-state index contributed by atoms with van der Waals surface area (Å²) in [5, 5.41) is 6.59. The highest BCUT2D eigenvalue weighted by Gasteiger charge is 2.54. The molecule has 25 rings (SSSR count). The highest BCUT2D eigenvalue weighted by atomic mass is 28.4. The Balaban J connectivity index is 0.846. The van der Waals surface area contributed by atoms with E-state index < -0.39 is 25.7 Å². The van der Waals surface area contributed by atoms with Gasteiger partial charge in [-0.2, -0.15) is 0 Å². The Morgan fingerprint density at radius 3 is 0.529 bits per heavy atom. The van der Waals surface area contributed by atoms with E-state index in [-0.39, 0.29) is 0 Å². The fourth-order valence-corrected chi connectivity index (χ4v) is 26.1. The molecular formula is C90H87N3O6Si3. The van der Waals surface area contributed by atoms with Gasteiger partial charge in [0.1, 0.15) is 34.5 Å². The van der Waals surface area contributed by atoms with Gasteiger partial charge in [0.05, 0.1) is 0 Å². The van der Waals surface area contributed by atoms with E-state index in [0.717, 1.165) is 196 Å². The van der Waals surface area contributed by atoms with Gasteiger partial charge >= 0.3 is 25.7 Å². The summed E-state index contributed by atoms with van der Waals surface area (Å²) in [4.78, 5) is 7.76. The third-order valence-corrected chi connectivity index (χ3v) is 31.1. The molecule has 3 spiro atoms. The van der Waals surface area contributed by atoms with Crippen molar-refractivity contribution in [3.8, 4) is 67.9 Å². The summed E-state index contributed by atoms with van der Waals surface area (Å²) in [6.07, 6.45) is 6.71. The summed E-state index contributed by atoms with van der Waals surface area (Å²) in [6.45, 7) is 14.5. The van der Waals surface area contributed by atoms with Crippen LogP contribution >= 0.6 is 0 Å². The van der Waals surface area contributed by atoms with Gasteiger partial charge in [-0.05, 0) is 178 Å². The standard InChI is InChI=1S/C90H87N3O6Si3/c1-4-7-58-91-61-73-22-10-16-28-85(73)100(86-29-17-11-23-74(86)62-91)94-79-46-34-67(35-47-79)69-38-50-81(51-39-69)96-101(87-30-18-12-24-75(87)63-92(59-8-5-2)64-76-25-13-19-31-88(76)101)98-83-54-42-71(43-55-83)72-44-56-84(57-45-72)99-102(97-82-52-40-70(41-53-82)68-36-48-80(95-100)49-37-68)89-32-20-14-26-77(89)65-93(60-9-6-3)66-78-27-15-21-33-90(78)102/h10-57H,4-9,58-66H2,1-3H3. The van der Waals surface area contributed by atoms with Crippen molar-refractivity contribution >= 4 is 56.8 Å². The molecule has 0 aromatic heterocycles. The van der Waals surface area contributed by atoms with Crippen LogP contribution in [0.3, 0.4) is 0 Å². The van der Waals surface area contributed by atoms with E-state index in [1.54, 1.807) is 0 Å². The molecule has 0 atom stereocenters. The maximum atomic E-state index is 7.77. The highest BCUT2D eigenvalue weighted by Crippen LogP contribution is 2.36. The maximum absolute atomic E-state index is 7.77. The molecule has 12 heteroatoms. The van der Waals surface area contributed by atoms with Crippen LogP contribution in [0.15, 0.2) is 291 Å². The largest absolute Gasteiger partial charge is 0.531 e. The molecule has 0 fully saturated rings. The summed E-state index contributed by atoms with van der Waals surface area (Å²) in [7, 11) is -11.1. The first-order chi connectivity index (χ1) is 50.2. The van der Waals surface area contributed by atoms with Crippen molar-refractivity contribution in [1.82, 2.24) is 14.7 Å². The lowest BCUT2D eigenvalue weighted by Crippen LogP contribution is -2.70. The summed E-state index contributed by atoms with van der Waals surface area (Å²) >= 11 is 0. The van der Waals surface area contributed by atoms with Crippen molar-refractivity contribution in [2.45, 2.75) is 98.6 Å². The molecule has 0 saturated carbocycles. The molecule has 9 nitrogen and oxygen atoms in total. The van der Waals surface area contributed by atoms with E-state index in [0.29, 0.717) is 0 Å². The van der Waals surface area contributed by atoms with Crippen molar-refractivity contribution in [3.63, 3.8) is 0 Å². The zero-order valence-corrected chi connectivity index (χ0v) is 61.6. The van der Waals surface area contributed by atoms with Gasteiger partial charge in [0, 0.05) is 70.4 Å². The average Bonchev–Trinajstić information content (AvgIpc) is 0.752. The van der Waals surface area contributed by atoms with Crippen LogP contribution in [0.4, 0.5) is 0 Å². The third kappa shape index (κ3) is 13.5. The van der Waals surface area contributed by atoms with Crippen LogP contribution in [-0.2, 0) is 39.3 Å². The molecule has 510 valence electrons. The van der Waals surface area contributed by atoms with Gasteiger partial charge in [-0.3, -0.25) is 14.7 Å². The Morgan fingerprint density at radius 2 is 0.373 bits per heavy atom. The van der Waals surface area contributed by atoms with Crippen LogP contribution < -0.4 is 57.7 Å². The number of hydrogen-bond acceptors (Lipinski definition) is 9. The molecule has 12 aromatic rings. The van der Waals surface area contributed by atoms with Crippen molar-refractivity contribution in [2.24, 2.45) is 0 Å². The molecule has 12 aromatic carbocycles. The second-order valence-electron chi connectivity index (χ2n) is 27.7. The van der Waals surface area contributed by atoms with Crippen LogP contribution in [0.25, 0.3) is 33.4 Å². The highest BCUT2D eigenvalue weighted by molar-refractivity contribution is 6.95. The minimum Gasteiger partial charge on any atom is -0.506 e. The van der Waals surface area contributed by atoms with Crippen LogP contribution in [-0.4, -0.2) is 60.0 Å². The van der Waals surface area contributed by atoms with E-state index in [4.69, 9.17) is 26.6 Å². The molecule has 13 aliphatic rings. The minimum absolute atomic E-state index is 0.736. The van der Waals surface area contributed by atoms with Gasteiger partial charge in [-0.1, -0.05) is 258 Å². The summed E-state index contributed by atoms with van der Waals surface area (Å²) < 4.78 is 46.6. The second kappa shape index (κ2) is 29.5. The van der Waals surface area contributed by atoms with Crippen molar-refractivity contribution in [2.75, 3.05) is 19.6 Å². The van der Waals surface area contributed by atoms with Gasteiger partial charge < -0.3 is 26.6 Å². The molecule has 0 N–H and O–H groups in total. The monoisotopic (exact) mass is 1390 g/mol. The maximum Gasteiger partial charge on any atom is 0.531 e. The molecule has 13 aliphatic heterocycles. The number of benzene rings is 12. The topological polar surface area (TPSA) is 65.1 Å². The van der Waals surface area contributed by atoms with Crippen LogP contribution in [0.2, 0.25) is 0 Å². The molecule has 0 radical (unpaired) electrons. The normalized spacial score (nSPS) is 15.9. The smallest absolute Gasteiger partial charge is 0.506 e. The fraction of sp³-hybridized carbons (Fsp3) is 0.200. The van der Waals surface area contributed by atoms with E-state index in [2.05, 4.69) is 327 Å². The zero-order chi connectivity index (χ0) is 68.9. The molecule has 13 heterocycles. The van der Waals surface area contributed by atoms with E-state index in [9.17, 15) is 0 Å². The fourth-order valence-electron chi connectivity index (χ4n) is 15.6. The molecular weight excluding hydrogens is 1300 g/mol. The van der Waals surface area contributed by atoms with Crippen LogP contribution in [0, 0.1) is 0 Å². The Bertz CT molecular complexity index is 4090. The second-order valence-corrected chi connectivity index (χ2v) is 35.9. The number of rotatable bonds is 9. The Kier molecular flexibility index (Phi) is 19.2. The lowest BCUT2D eigenvalue weighted by Gasteiger charge is -2.38. The summed E-state index contributed by atoms with van der Waals surface area (Å²) in [6, 6.07) is 104. The summed E-state index contributed by atoms with van der Waals surface area (Å²) in [5.41, 5.74) is 13.6. The lowest BCUT2D eigenvalue weighted by atomic mass is 10.1. The van der Waals surface area contributed by atoms with Gasteiger partial charge in [-0.25, -0.2) is 0 Å². The van der Waals surface area contributed by atoms with Gasteiger partial charge in [0.2, 0.25) is 0 Å².